The number of carbonyl (C=O) groups excluding carboxylic acids is 2. The van der Waals surface area contributed by atoms with Crippen molar-refractivity contribution in [2.45, 2.75) is 18.9 Å². The Balaban J connectivity index is 1.76. The third-order valence-electron chi connectivity index (χ3n) is 5.92. The van der Waals surface area contributed by atoms with Crippen LogP contribution in [0.1, 0.15) is 34.8 Å². The van der Waals surface area contributed by atoms with Gasteiger partial charge in [0.15, 0.2) is 0 Å². The molecule has 0 radical (unpaired) electrons. The molecule has 5 rings (SSSR count). The van der Waals surface area contributed by atoms with Crippen molar-refractivity contribution in [2.75, 3.05) is 10.2 Å². The summed E-state index contributed by atoms with van der Waals surface area (Å²) < 4.78 is 13.7. The molecule has 5 heteroatoms. The monoisotopic (exact) mass is 412 g/mol. The summed E-state index contributed by atoms with van der Waals surface area (Å²) in [4.78, 5) is 28.7. The average Bonchev–Trinajstić information content (AvgIpc) is 2.95. The minimum Gasteiger partial charge on any atom is -0.357 e. The second-order valence-electron chi connectivity index (χ2n) is 7.82. The number of para-hydroxylation sites is 2. The van der Waals surface area contributed by atoms with E-state index in [0.29, 0.717) is 24.1 Å². The SMILES string of the molecule is O=C1CCC=C2Nc3ccccc3N(C(=O)c3ccccc3)[C@@H](c3ccc(F)cc3)[C@@H]12. The Bertz CT molecular complexity index is 1170. The third-order valence-corrected chi connectivity index (χ3v) is 5.92. The fraction of sp³-hybridized carbons (Fsp3) is 0.154. The van der Waals surface area contributed by atoms with Crippen LogP contribution in [0.5, 0.6) is 0 Å². The Kier molecular flexibility index (Phi) is 4.86. The summed E-state index contributed by atoms with van der Waals surface area (Å²) >= 11 is 0. The Morgan fingerprint density at radius 1 is 0.935 bits per heavy atom. The maximum absolute atomic E-state index is 13.8. The predicted octanol–water partition coefficient (Wildman–Crippen LogP) is 5.50. The number of hydrogen-bond donors (Lipinski definition) is 1. The number of anilines is 2. The first kappa shape index (κ1) is 19.2. The average molecular weight is 412 g/mol. The van der Waals surface area contributed by atoms with E-state index in [1.165, 1.54) is 12.1 Å². The molecule has 0 saturated carbocycles. The normalized spacial score (nSPS) is 20.1. The summed E-state index contributed by atoms with van der Waals surface area (Å²) in [6.45, 7) is 0. The quantitative estimate of drug-likeness (QED) is 0.604. The highest BCUT2D eigenvalue weighted by Crippen LogP contribution is 2.46. The molecule has 0 saturated heterocycles. The van der Waals surface area contributed by atoms with Gasteiger partial charge in [-0.25, -0.2) is 4.39 Å². The summed E-state index contributed by atoms with van der Waals surface area (Å²) in [6, 6.07) is 22.1. The first-order chi connectivity index (χ1) is 15.1. The molecule has 1 N–H and O–H groups in total. The maximum Gasteiger partial charge on any atom is 0.258 e. The minimum atomic E-state index is -0.594. The van der Waals surface area contributed by atoms with E-state index < -0.39 is 12.0 Å². The lowest BCUT2D eigenvalue weighted by molar-refractivity contribution is -0.122. The van der Waals surface area contributed by atoms with Gasteiger partial charge in [-0.15, -0.1) is 0 Å². The number of nitrogens with one attached hydrogen (secondary N) is 1. The molecule has 0 aromatic heterocycles. The second-order valence-corrected chi connectivity index (χ2v) is 7.82. The van der Waals surface area contributed by atoms with Gasteiger partial charge in [-0.1, -0.05) is 48.5 Å². The van der Waals surface area contributed by atoms with Crippen molar-refractivity contribution < 1.29 is 14.0 Å². The summed E-state index contributed by atoms with van der Waals surface area (Å²) in [5, 5.41) is 3.41. The van der Waals surface area contributed by atoms with E-state index in [1.54, 1.807) is 29.2 Å². The number of allylic oxidation sites excluding steroid dienone is 1. The summed E-state index contributed by atoms with van der Waals surface area (Å²) in [7, 11) is 0. The van der Waals surface area contributed by atoms with E-state index in [0.717, 1.165) is 16.9 Å². The topological polar surface area (TPSA) is 49.4 Å². The smallest absolute Gasteiger partial charge is 0.258 e. The summed E-state index contributed by atoms with van der Waals surface area (Å²) in [5.74, 6) is -1.05. The van der Waals surface area contributed by atoms with Gasteiger partial charge in [0, 0.05) is 17.7 Å². The van der Waals surface area contributed by atoms with Gasteiger partial charge in [0.25, 0.3) is 5.91 Å². The highest BCUT2D eigenvalue weighted by molar-refractivity contribution is 6.09. The molecular formula is C26H21FN2O2. The Morgan fingerprint density at radius 3 is 2.42 bits per heavy atom. The molecule has 0 bridgehead atoms. The zero-order chi connectivity index (χ0) is 21.4. The number of ketones is 1. The largest absolute Gasteiger partial charge is 0.357 e. The number of rotatable bonds is 2. The fourth-order valence-electron chi connectivity index (χ4n) is 4.50. The lowest BCUT2D eigenvalue weighted by Crippen LogP contribution is -2.42. The molecule has 0 spiro atoms. The van der Waals surface area contributed by atoms with Gasteiger partial charge in [0.05, 0.1) is 23.3 Å². The zero-order valence-electron chi connectivity index (χ0n) is 16.8. The number of carbonyl (C=O) groups is 2. The van der Waals surface area contributed by atoms with Gasteiger partial charge in [-0.2, -0.15) is 0 Å². The Morgan fingerprint density at radius 2 is 1.65 bits per heavy atom. The molecule has 3 aromatic carbocycles. The molecule has 0 unspecified atom stereocenters. The van der Waals surface area contributed by atoms with Crippen molar-refractivity contribution in [1.29, 1.82) is 0 Å². The van der Waals surface area contributed by atoms with Crippen LogP contribution in [0.3, 0.4) is 0 Å². The fourth-order valence-corrected chi connectivity index (χ4v) is 4.50. The van der Waals surface area contributed by atoms with Gasteiger partial charge in [-0.3, -0.25) is 14.5 Å². The lowest BCUT2D eigenvalue weighted by atomic mass is 9.81. The number of amides is 1. The molecule has 1 heterocycles. The summed E-state index contributed by atoms with van der Waals surface area (Å²) in [5.41, 5.74) is 3.49. The molecule has 0 fully saturated rings. The Hall–Kier alpha value is -3.73. The van der Waals surface area contributed by atoms with Crippen molar-refractivity contribution in [3.05, 3.63) is 108 Å². The van der Waals surface area contributed by atoms with E-state index in [-0.39, 0.29) is 17.5 Å². The van der Waals surface area contributed by atoms with Crippen LogP contribution in [-0.4, -0.2) is 11.7 Å². The van der Waals surface area contributed by atoms with Crippen molar-refractivity contribution in [2.24, 2.45) is 5.92 Å². The van der Waals surface area contributed by atoms with Crippen molar-refractivity contribution in [3.8, 4) is 0 Å². The van der Waals surface area contributed by atoms with Crippen LogP contribution in [-0.2, 0) is 4.79 Å². The highest BCUT2D eigenvalue weighted by Gasteiger charge is 2.43. The van der Waals surface area contributed by atoms with Gasteiger partial charge < -0.3 is 5.32 Å². The molecule has 2 aliphatic rings. The van der Waals surface area contributed by atoms with Gasteiger partial charge in [0.1, 0.15) is 11.6 Å². The standard InChI is InChI=1S/C26H21FN2O2/c27-19-15-13-17(14-16-19)25-24-21(10-6-12-23(24)30)28-20-9-4-5-11-22(20)29(25)26(31)18-7-2-1-3-8-18/h1-5,7-11,13-16,24-25,28H,6,12H2/t24-,25+/m1/s1. The van der Waals surface area contributed by atoms with E-state index in [2.05, 4.69) is 5.32 Å². The number of hydrogen-bond acceptors (Lipinski definition) is 3. The van der Waals surface area contributed by atoms with Crippen LogP contribution >= 0.6 is 0 Å². The second kappa shape index (κ2) is 7.84. The third kappa shape index (κ3) is 3.42. The van der Waals surface area contributed by atoms with Crippen LogP contribution in [0.25, 0.3) is 0 Å². The van der Waals surface area contributed by atoms with Crippen LogP contribution in [0.2, 0.25) is 0 Å². The van der Waals surface area contributed by atoms with E-state index in [4.69, 9.17) is 0 Å². The van der Waals surface area contributed by atoms with Crippen LogP contribution in [0.4, 0.5) is 15.8 Å². The zero-order valence-corrected chi connectivity index (χ0v) is 16.8. The van der Waals surface area contributed by atoms with E-state index >= 15 is 0 Å². The molecule has 31 heavy (non-hydrogen) atoms. The van der Waals surface area contributed by atoms with Crippen LogP contribution in [0, 0.1) is 11.7 Å². The number of halogens is 1. The molecule has 3 aromatic rings. The minimum absolute atomic E-state index is 0.0676. The lowest BCUT2D eigenvalue weighted by Gasteiger charge is -2.36. The number of fused-ring (bicyclic) bond motifs is 2. The molecule has 1 aliphatic heterocycles. The molecule has 1 amide bonds. The maximum atomic E-state index is 13.8. The molecule has 154 valence electrons. The van der Waals surface area contributed by atoms with Crippen LogP contribution < -0.4 is 10.2 Å². The molecular weight excluding hydrogens is 391 g/mol. The van der Waals surface area contributed by atoms with Crippen molar-refractivity contribution in [1.82, 2.24) is 0 Å². The van der Waals surface area contributed by atoms with Crippen molar-refractivity contribution >= 4 is 23.1 Å². The van der Waals surface area contributed by atoms with Gasteiger partial charge in [0.2, 0.25) is 0 Å². The van der Waals surface area contributed by atoms with Gasteiger partial charge in [-0.05, 0) is 48.4 Å². The molecule has 4 nitrogen and oxygen atoms in total. The first-order valence-corrected chi connectivity index (χ1v) is 10.4. The van der Waals surface area contributed by atoms with E-state index in [1.807, 2.05) is 48.5 Å². The van der Waals surface area contributed by atoms with Gasteiger partial charge >= 0.3 is 0 Å². The number of benzene rings is 3. The molecule has 2 atom stereocenters. The number of nitrogens with zero attached hydrogens (tertiary/aromatic N) is 1. The molecule has 1 aliphatic carbocycles. The summed E-state index contributed by atoms with van der Waals surface area (Å²) in [6.07, 6.45) is 3.11. The van der Waals surface area contributed by atoms with E-state index in [9.17, 15) is 14.0 Å². The number of Topliss-reactive ketones (excluding diaryl/α,β-unsaturated/α-hetero) is 1. The highest BCUT2D eigenvalue weighted by atomic mass is 19.1. The van der Waals surface area contributed by atoms with Crippen LogP contribution in [0.15, 0.2) is 90.6 Å². The first-order valence-electron chi connectivity index (χ1n) is 10.4. The Labute approximate surface area is 180 Å². The van der Waals surface area contributed by atoms with Crippen molar-refractivity contribution in [3.63, 3.8) is 0 Å². The predicted molar refractivity (Wildman–Crippen MR) is 118 cm³/mol.